The minimum atomic E-state index is -0.204. The first kappa shape index (κ1) is 15.5. The van der Waals surface area contributed by atoms with E-state index in [1.54, 1.807) is 0 Å². The van der Waals surface area contributed by atoms with Crippen molar-refractivity contribution in [3.05, 3.63) is 11.8 Å². The Hall–Kier alpha value is -0.870. The Kier molecular flexibility index (Phi) is 5.61. The number of carbonyl (C=O) groups is 1. The summed E-state index contributed by atoms with van der Waals surface area (Å²) < 4.78 is 0. The molecule has 2 rings (SSSR count). The number of carbonyl (C=O) groups excluding carboxylic acids is 1. The van der Waals surface area contributed by atoms with E-state index in [2.05, 4.69) is 24.8 Å². The average Bonchev–Trinajstić information content (AvgIpc) is 2.45. The van der Waals surface area contributed by atoms with Crippen LogP contribution >= 0.6 is 0 Å². The number of nitrogens with zero attached hydrogens (tertiary/aromatic N) is 2. The second kappa shape index (κ2) is 7.23. The number of likely N-dealkylation sites (tertiary alicyclic amines) is 1. The van der Waals surface area contributed by atoms with Crippen molar-refractivity contribution in [3.8, 4) is 0 Å². The van der Waals surface area contributed by atoms with Crippen molar-refractivity contribution >= 4 is 5.91 Å². The Bertz CT molecular complexity index is 367. The molecule has 2 aliphatic rings. The van der Waals surface area contributed by atoms with Crippen LogP contribution < -0.4 is 0 Å². The average molecular weight is 280 g/mol. The van der Waals surface area contributed by atoms with Crippen LogP contribution in [0, 0.1) is 5.92 Å². The summed E-state index contributed by atoms with van der Waals surface area (Å²) >= 11 is 0. The predicted octanol–water partition coefficient (Wildman–Crippen LogP) is 2.00. The van der Waals surface area contributed by atoms with E-state index in [1.165, 1.54) is 18.5 Å². The van der Waals surface area contributed by atoms with E-state index in [0.717, 1.165) is 38.9 Å². The van der Waals surface area contributed by atoms with E-state index in [1.807, 2.05) is 4.90 Å². The molecule has 2 unspecified atom stereocenters. The molecule has 1 saturated heterocycles. The van der Waals surface area contributed by atoms with Crippen LogP contribution in [0.5, 0.6) is 0 Å². The summed E-state index contributed by atoms with van der Waals surface area (Å²) in [5, 5.41) is 9.76. The lowest BCUT2D eigenvalue weighted by atomic mass is 9.97. The van der Waals surface area contributed by atoms with Gasteiger partial charge in [-0.1, -0.05) is 13.0 Å². The number of amides is 1. The number of likely N-dealkylation sites (N-methyl/N-ethyl adjacent to an activating group) is 1. The Labute approximate surface area is 122 Å². The summed E-state index contributed by atoms with van der Waals surface area (Å²) in [5.41, 5.74) is 1.22. The zero-order valence-electron chi connectivity index (χ0n) is 12.8. The summed E-state index contributed by atoms with van der Waals surface area (Å²) in [5.74, 6) is 0.477. The minimum absolute atomic E-state index is 0.204. The van der Waals surface area contributed by atoms with Crippen molar-refractivity contribution in [2.45, 2.75) is 52.1 Å². The molecule has 0 saturated carbocycles. The van der Waals surface area contributed by atoms with E-state index < -0.39 is 0 Å². The van der Waals surface area contributed by atoms with Gasteiger partial charge in [-0.3, -0.25) is 9.69 Å². The fourth-order valence-corrected chi connectivity index (χ4v) is 3.25. The van der Waals surface area contributed by atoms with E-state index >= 15 is 0 Å². The van der Waals surface area contributed by atoms with Crippen LogP contribution in [-0.4, -0.2) is 53.1 Å². The van der Waals surface area contributed by atoms with Crippen molar-refractivity contribution in [3.63, 3.8) is 0 Å². The smallest absolute Gasteiger partial charge is 0.240 e. The highest BCUT2D eigenvalue weighted by Crippen LogP contribution is 2.22. The van der Waals surface area contributed by atoms with Gasteiger partial charge in [-0.05, 0) is 44.9 Å². The second-order valence-electron chi connectivity index (χ2n) is 6.15. The van der Waals surface area contributed by atoms with Crippen molar-refractivity contribution in [2.75, 3.05) is 26.2 Å². The zero-order chi connectivity index (χ0) is 14.5. The molecule has 0 aromatic carbocycles. The highest BCUT2D eigenvalue weighted by molar-refractivity contribution is 5.80. The molecular weight excluding hydrogens is 252 g/mol. The van der Waals surface area contributed by atoms with E-state index in [0.29, 0.717) is 6.54 Å². The van der Waals surface area contributed by atoms with Crippen LogP contribution in [-0.2, 0) is 4.79 Å². The van der Waals surface area contributed by atoms with Gasteiger partial charge in [-0.2, -0.15) is 0 Å². The van der Waals surface area contributed by atoms with Crippen molar-refractivity contribution in [2.24, 2.45) is 5.92 Å². The third kappa shape index (κ3) is 3.83. The third-order valence-electron chi connectivity index (χ3n) is 4.53. The van der Waals surface area contributed by atoms with Crippen molar-refractivity contribution in [1.29, 1.82) is 0 Å². The van der Waals surface area contributed by atoms with Crippen LogP contribution in [0.4, 0.5) is 0 Å². The van der Waals surface area contributed by atoms with Crippen LogP contribution in [0.1, 0.15) is 46.0 Å². The highest BCUT2D eigenvalue weighted by atomic mass is 16.3. The van der Waals surface area contributed by atoms with E-state index in [-0.39, 0.29) is 17.9 Å². The molecule has 0 bridgehead atoms. The Morgan fingerprint density at radius 2 is 2.30 bits per heavy atom. The van der Waals surface area contributed by atoms with Crippen LogP contribution in [0.2, 0.25) is 0 Å². The van der Waals surface area contributed by atoms with Crippen molar-refractivity contribution in [1.82, 2.24) is 9.80 Å². The maximum Gasteiger partial charge on any atom is 0.240 e. The van der Waals surface area contributed by atoms with Gasteiger partial charge in [0.2, 0.25) is 5.91 Å². The van der Waals surface area contributed by atoms with Crippen LogP contribution in [0.25, 0.3) is 0 Å². The lowest BCUT2D eigenvalue weighted by Gasteiger charge is -2.35. The van der Waals surface area contributed by atoms with Crippen LogP contribution in [0.3, 0.4) is 0 Å². The molecule has 0 spiro atoms. The van der Waals surface area contributed by atoms with Crippen LogP contribution in [0.15, 0.2) is 11.8 Å². The molecule has 4 nitrogen and oxygen atoms in total. The third-order valence-corrected chi connectivity index (χ3v) is 4.53. The first-order valence-electron chi connectivity index (χ1n) is 8.01. The first-order chi connectivity index (χ1) is 9.61. The number of aliphatic hydroxyl groups excluding tert-OH is 1. The summed E-state index contributed by atoms with van der Waals surface area (Å²) in [4.78, 5) is 16.7. The minimum Gasteiger partial charge on any atom is -0.393 e. The first-order valence-corrected chi connectivity index (χ1v) is 8.01. The molecule has 0 radical (unpaired) electrons. The Morgan fingerprint density at radius 3 is 2.90 bits per heavy atom. The van der Waals surface area contributed by atoms with Gasteiger partial charge in [0, 0.05) is 25.3 Å². The number of piperidine rings is 1. The van der Waals surface area contributed by atoms with Gasteiger partial charge in [-0.15, -0.1) is 0 Å². The van der Waals surface area contributed by atoms with Gasteiger partial charge < -0.3 is 10.0 Å². The van der Waals surface area contributed by atoms with Gasteiger partial charge in [0.25, 0.3) is 0 Å². The molecule has 4 heteroatoms. The summed E-state index contributed by atoms with van der Waals surface area (Å²) in [6.45, 7) is 7.01. The molecular formula is C16H28N2O2. The molecule has 1 heterocycles. The van der Waals surface area contributed by atoms with E-state index in [9.17, 15) is 9.90 Å². The van der Waals surface area contributed by atoms with Crippen molar-refractivity contribution < 1.29 is 9.90 Å². The Morgan fingerprint density at radius 1 is 1.50 bits per heavy atom. The molecule has 1 aliphatic heterocycles. The summed E-state index contributed by atoms with van der Waals surface area (Å²) in [6.07, 6.45) is 7.39. The number of hydrogen-bond donors (Lipinski definition) is 1. The fraction of sp³-hybridized carbons (Fsp3) is 0.812. The molecule has 2 atom stereocenters. The molecule has 1 aliphatic carbocycles. The van der Waals surface area contributed by atoms with Gasteiger partial charge in [0.15, 0.2) is 0 Å². The molecule has 1 amide bonds. The molecule has 114 valence electrons. The number of allylic oxidation sites excluding steroid dienone is 2. The number of rotatable bonds is 4. The summed E-state index contributed by atoms with van der Waals surface area (Å²) in [7, 11) is 0. The van der Waals surface area contributed by atoms with E-state index in [4.69, 9.17) is 0 Å². The monoisotopic (exact) mass is 280 g/mol. The molecule has 1 fully saturated rings. The highest BCUT2D eigenvalue weighted by Gasteiger charge is 2.27. The number of hydrogen-bond acceptors (Lipinski definition) is 3. The van der Waals surface area contributed by atoms with Gasteiger partial charge in [0.05, 0.1) is 12.6 Å². The lowest BCUT2D eigenvalue weighted by Crippen LogP contribution is -2.47. The van der Waals surface area contributed by atoms with Gasteiger partial charge >= 0.3 is 0 Å². The summed E-state index contributed by atoms with van der Waals surface area (Å²) in [6, 6.07) is 0. The Balaban J connectivity index is 1.91. The maximum atomic E-state index is 12.5. The largest absolute Gasteiger partial charge is 0.393 e. The topological polar surface area (TPSA) is 43.8 Å². The molecule has 0 aromatic heterocycles. The predicted molar refractivity (Wildman–Crippen MR) is 80.2 cm³/mol. The standard InChI is InChI=1S/C16H28N2O2/c1-3-18(14-7-5-4-6-8-14)16(20)12-17-10-9-15(19)13(2)11-17/h7,13,15,19H,3-6,8-12H2,1-2H3. The molecule has 1 N–H and O–H groups in total. The SMILES string of the molecule is CCN(C(=O)CN1CCC(O)C(C)C1)C1=CCCCC1. The quantitative estimate of drug-likeness (QED) is 0.856. The maximum absolute atomic E-state index is 12.5. The van der Waals surface area contributed by atoms with Gasteiger partial charge in [-0.25, -0.2) is 0 Å². The lowest BCUT2D eigenvalue weighted by molar-refractivity contribution is -0.131. The number of aliphatic hydroxyl groups is 1. The molecule has 20 heavy (non-hydrogen) atoms. The zero-order valence-corrected chi connectivity index (χ0v) is 12.8. The van der Waals surface area contributed by atoms with Gasteiger partial charge in [0.1, 0.15) is 0 Å². The second-order valence-corrected chi connectivity index (χ2v) is 6.15. The molecule has 0 aromatic rings. The fourth-order valence-electron chi connectivity index (χ4n) is 3.25. The normalized spacial score (nSPS) is 28.1.